The summed E-state index contributed by atoms with van der Waals surface area (Å²) in [5.41, 5.74) is 8.71. The maximum absolute atomic E-state index is 5.38. The van der Waals surface area contributed by atoms with E-state index in [1.165, 1.54) is 42.5 Å². The molecule has 0 bridgehead atoms. The van der Waals surface area contributed by atoms with Crippen LogP contribution >= 0.6 is 0 Å². The molecule has 2 aromatic rings. The highest BCUT2D eigenvalue weighted by Gasteiger charge is 2.42. The molecular formula is C22H26N2O. The molecule has 1 unspecified atom stereocenters. The number of anilines is 1. The smallest absolute Gasteiger partial charge is 0.119 e. The van der Waals surface area contributed by atoms with E-state index in [0.29, 0.717) is 12.0 Å². The molecule has 1 fully saturated rings. The molecule has 0 aliphatic carbocycles. The molecule has 3 heteroatoms. The van der Waals surface area contributed by atoms with E-state index < -0.39 is 0 Å². The predicted octanol–water partition coefficient (Wildman–Crippen LogP) is 3.88. The highest BCUT2D eigenvalue weighted by atomic mass is 16.5. The third-order valence-electron chi connectivity index (χ3n) is 6.34. The molecule has 2 atom stereocenters. The van der Waals surface area contributed by atoms with Gasteiger partial charge in [0.25, 0.3) is 0 Å². The monoisotopic (exact) mass is 334 g/mol. The van der Waals surface area contributed by atoms with Gasteiger partial charge < -0.3 is 15.0 Å². The quantitative estimate of drug-likeness (QED) is 0.902. The molecule has 0 amide bonds. The minimum atomic E-state index is 0.652. The number of hydrogen-bond donors (Lipinski definition) is 1. The average molecular weight is 334 g/mol. The summed E-state index contributed by atoms with van der Waals surface area (Å²) in [6.07, 6.45) is 3.78. The van der Waals surface area contributed by atoms with E-state index in [9.17, 15) is 0 Å². The summed E-state index contributed by atoms with van der Waals surface area (Å²) in [6.45, 7) is 5.71. The topological polar surface area (TPSA) is 24.5 Å². The van der Waals surface area contributed by atoms with Crippen LogP contribution in [0.15, 0.2) is 30.3 Å². The van der Waals surface area contributed by atoms with Gasteiger partial charge in [0, 0.05) is 30.7 Å². The van der Waals surface area contributed by atoms with E-state index in [4.69, 9.17) is 4.74 Å². The van der Waals surface area contributed by atoms with Gasteiger partial charge in [-0.2, -0.15) is 0 Å². The van der Waals surface area contributed by atoms with Crippen molar-refractivity contribution in [2.75, 3.05) is 31.6 Å². The lowest BCUT2D eigenvalue weighted by Gasteiger charge is -2.36. The molecule has 25 heavy (non-hydrogen) atoms. The Bertz CT molecular complexity index is 829. The Balaban J connectivity index is 1.65. The van der Waals surface area contributed by atoms with Gasteiger partial charge in [0.1, 0.15) is 5.75 Å². The Kier molecular flexibility index (Phi) is 3.53. The number of benzene rings is 2. The zero-order valence-corrected chi connectivity index (χ0v) is 15.1. The van der Waals surface area contributed by atoms with Crippen LogP contribution in [0, 0.1) is 6.92 Å². The van der Waals surface area contributed by atoms with Crippen LogP contribution in [0.4, 0.5) is 5.69 Å². The second-order valence-corrected chi connectivity index (χ2v) is 7.72. The molecule has 0 aromatic heterocycles. The number of nitrogens with one attached hydrogen (secondary N) is 1. The zero-order valence-electron chi connectivity index (χ0n) is 15.1. The second kappa shape index (κ2) is 5.77. The number of ether oxygens (including phenoxy) is 1. The Morgan fingerprint density at radius 2 is 2.12 bits per heavy atom. The minimum Gasteiger partial charge on any atom is -0.497 e. The van der Waals surface area contributed by atoms with Crippen LogP contribution < -0.4 is 15.0 Å². The van der Waals surface area contributed by atoms with Crippen LogP contribution in [0.25, 0.3) is 11.1 Å². The third-order valence-corrected chi connectivity index (χ3v) is 6.34. The van der Waals surface area contributed by atoms with Gasteiger partial charge in [0.2, 0.25) is 0 Å². The van der Waals surface area contributed by atoms with Gasteiger partial charge in [-0.25, -0.2) is 0 Å². The molecule has 1 saturated heterocycles. The summed E-state index contributed by atoms with van der Waals surface area (Å²) in [5.74, 6) is 1.59. The van der Waals surface area contributed by atoms with Crippen molar-refractivity contribution in [2.24, 2.45) is 0 Å². The van der Waals surface area contributed by atoms with Crippen LogP contribution in [0.3, 0.4) is 0 Å². The molecule has 0 saturated carbocycles. The summed E-state index contributed by atoms with van der Waals surface area (Å²) in [6, 6.07) is 12.1. The normalized spacial score (nSPS) is 24.0. The van der Waals surface area contributed by atoms with Gasteiger partial charge in [-0.1, -0.05) is 6.07 Å². The minimum absolute atomic E-state index is 0.652. The van der Waals surface area contributed by atoms with Crippen LogP contribution in [-0.2, 0) is 6.42 Å². The van der Waals surface area contributed by atoms with Crippen LogP contribution in [0.2, 0.25) is 0 Å². The standard InChI is InChI=1S/C22H26N2O/c1-14-10-17(25-2)5-6-18(14)16-11-15-4-3-9-24-21-7-8-23-13-20(21)19(12-16)22(15)24/h5-6,10-12,20-21,23H,3-4,7-9,13H2,1-2H3/t20?,21-/m0/s1. The number of fused-ring (bicyclic) bond motifs is 3. The fraction of sp³-hybridized carbons (Fsp3) is 0.455. The van der Waals surface area contributed by atoms with Crippen LogP contribution in [0.5, 0.6) is 5.75 Å². The lowest BCUT2D eigenvalue weighted by molar-refractivity contribution is 0.400. The van der Waals surface area contributed by atoms with Gasteiger partial charge in [-0.05, 0) is 84.8 Å². The number of rotatable bonds is 2. The number of nitrogens with zero attached hydrogens (tertiary/aromatic N) is 1. The summed E-state index contributed by atoms with van der Waals surface area (Å²) in [7, 11) is 1.73. The van der Waals surface area contributed by atoms with E-state index in [-0.39, 0.29) is 0 Å². The molecule has 3 aliphatic rings. The van der Waals surface area contributed by atoms with Crippen molar-refractivity contribution in [2.45, 2.75) is 38.1 Å². The lowest BCUT2D eigenvalue weighted by atomic mass is 9.87. The van der Waals surface area contributed by atoms with Crippen molar-refractivity contribution >= 4 is 5.69 Å². The van der Waals surface area contributed by atoms with Crippen molar-refractivity contribution in [3.63, 3.8) is 0 Å². The largest absolute Gasteiger partial charge is 0.497 e. The van der Waals surface area contributed by atoms with Crippen LogP contribution in [-0.4, -0.2) is 32.8 Å². The molecule has 0 spiro atoms. The van der Waals surface area contributed by atoms with Crippen molar-refractivity contribution < 1.29 is 4.74 Å². The Morgan fingerprint density at radius 1 is 1.20 bits per heavy atom. The molecule has 0 radical (unpaired) electrons. The third kappa shape index (κ3) is 2.29. The molecule has 2 aromatic carbocycles. The van der Waals surface area contributed by atoms with Gasteiger partial charge in [-0.15, -0.1) is 0 Å². The lowest BCUT2D eigenvalue weighted by Crippen LogP contribution is -2.45. The van der Waals surface area contributed by atoms with Crippen molar-refractivity contribution in [3.8, 4) is 16.9 Å². The van der Waals surface area contributed by atoms with Crippen molar-refractivity contribution in [3.05, 3.63) is 47.0 Å². The summed E-state index contributed by atoms with van der Waals surface area (Å²) < 4.78 is 5.38. The molecule has 3 nitrogen and oxygen atoms in total. The van der Waals surface area contributed by atoms with Gasteiger partial charge in [0.05, 0.1) is 7.11 Å². The van der Waals surface area contributed by atoms with Gasteiger partial charge in [-0.3, -0.25) is 0 Å². The molecule has 3 heterocycles. The molecule has 3 aliphatic heterocycles. The first-order valence-electron chi connectivity index (χ1n) is 9.55. The second-order valence-electron chi connectivity index (χ2n) is 7.72. The molecule has 130 valence electrons. The molecule has 5 rings (SSSR count). The number of aryl methyl sites for hydroxylation is 2. The number of hydrogen-bond acceptors (Lipinski definition) is 3. The highest BCUT2D eigenvalue weighted by Crippen LogP contribution is 2.49. The van der Waals surface area contributed by atoms with Crippen molar-refractivity contribution in [1.29, 1.82) is 0 Å². The fourth-order valence-corrected chi connectivity index (χ4v) is 5.20. The van der Waals surface area contributed by atoms with Gasteiger partial charge >= 0.3 is 0 Å². The summed E-state index contributed by atoms with van der Waals surface area (Å²) >= 11 is 0. The van der Waals surface area contributed by atoms with E-state index in [1.807, 2.05) is 0 Å². The molecular weight excluding hydrogens is 308 g/mol. The first-order chi connectivity index (χ1) is 12.3. The first-order valence-corrected chi connectivity index (χ1v) is 9.55. The van der Waals surface area contributed by atoms with E-state index in [0.717, 1.165) is 18.8 Å². The van der Waals surface area contributed by atoms with Gasteiger partial charge in [0.15, 0.2) is 0 Å². The van der Waals surface area contributed by atoms with E-state index in [2.05, 4.69) is 47.5 Å². The zero-order chi connectivity index (χ0) is 17.0. The summed E-state index contributed by atoms with van der Waals surface area (Å²) in [4.78, 5) is 2.73. The summed E-state index contributed by atoms with van der Waals surface area (Å²) in [5, 5.41) is 3.62. The van der Waals surface area contributed by atoms with E-state index in [1.54, 1.807) is 23.9 Å². The van der Waals surface area contributed by atoms with E-state index >= 15 is 0 Å². The van der Waals surface area contributed by atoms with Crippen molar-refractivity contribution in [1.82, 2.24) is 5.32 Å². The maximum Gasteiger partial charge on any atom is 0.119 e. The SMILES string of the molecule is COc1ccc(-c2cc3c4c(c2)C2CNCC[C@@H]2N4CCC3)c(C)c1. The first kappa shape index (κ1) is 15.3. The number of methoxy groups -OCH3 is 1. The Morgan fingerprint density at radius 3 is 2.96 bits per heavy atom. The molecule has 1 N–H and O–H groups in total. The fourth-order valence-electron chi connectivity index (χ4n) is 5.20. The number of piperidine rings is 1. The Labute approximate surface area is 150 Å². The maximum atomic E-state index is 5.38. The predicted molar refractivity (Wildman–Crippen MR) is 103 cm³/mol. The highest BCUT2D eigenvalue weighted by molar-refractivity contribution is 5.78. The average Bonchev–Trinajstić information content (AvgIpc) is 2.97. The Hall–Kier alpha value is -2.00. The van der Waals surface area contributed by atoms with Crippen LogP contribution in [0.1, 0.15) is 35.4 Å².